The Morgan fingerprint density at radius 2 is 1.13 bits per heavy atom. The number of aryl methyl sites for hydroxylation is 1. The molecule has 0 amide bonds. The fourth-order valence-corrected chi connectivity index (χ4v) is 1.62. The average molecular weight is 311 g/mol. The van der Waals surface area contributed by atoms with Gasteiger partial charge >= 0.3 is 0 Å². The molecule has 0 aliphatic carbocycles. The molecule has 0 heterocycles. The van der Waals surface area contributed by atoms with E-state index in [0.717, 1.165) is 24.7 Å². The minimum atomic E-state index is 0.750. The van der Waals surface area contributed by atoms with Crippen molar-refractivity contribution in [2.75, 3.05) is 0 Å². The minimum absolute atomic E-state index is 0.750. The van der Waals surface area contributed by atoms with E-state index in [1.807, 2.05) is 0 Å². The van der Waals surface area contributed by atoms with Crippen LogP contribution in [0.1, 0.15) is 16.7 Å². The normalized spacial score (nSPS) is 7.17. The second kappa shape index (κ2) is 16.6. The van der Waals surface area contributed by atoms with E-state index in [1.165, 1.54) is 16.7 Å². The van der Waals surface area contributed by atoms with Gasteiger partial charge in [-0.25, -0.2) is 30.6 Å². The van der Waals surface area contributed by atoms with E-state index >= 15 is 0 Å². The summed E-state index contributed by atoms with van der Waals surface area (Å²) in [5.74, 6) is 0. The van der Waals surface area contributed by atoms with E-state index in [9.17, 15) is 0 Å². The molecule has 0 atom stereocenters. The van der Waals surface area contributed by atoms with Gasteiger partial charge in [0.05, 0.1) is 0 Å². The lowest BCUT2D eigenvalue weighted by Gasteiger charge is -2.04. The van der Waals surface area contributed by atoms with Crippen molar-refractivity contribution in [1.29, 1.82) is 16.2 Å². The largest absolute Gasteiger partial charge is 0.231 e. The zero-order valence-electron chi connectivity index (χ0n) is 12.6. The monoisotopic (exact) mass is 311 g/mol. The Kier molecular flexibility index (Phi) is 15.8. The summed E-state index contributed by atoms with van der Waals surface area (Å²) in [6.45, 7) is 2.16. The first-order valence-corrected chi connectivity index (χ1v) is 6.31. The number of rotatable bonds is 2. The molecular formula is C17H17N3O3. The third-order valence-electron chi connectivity index (χ3n) is 2.50. The van der Waals surface area contributed by atoms with Gasteiger partial charge < -0.3 is 0 Å². The summed E-state index contributed by atoms with van der Waals surface area (Å²) in [4.78, 5) is 25.0. The van der Waals surface area contributed by atoms with Crippen molar-refractivity contribution in [2.24, 2.45) is 0 Å². The average Bonchev–Trinajstić information content (AvgIpc) is 2.53. The molecule has 0 aliphatic heterocycles. The Hall–Kier alpha value is -3.42. The van der Waals surface area contributed by atoms with E-state index in [0.29, 0.717) is 0 Å². The molecule has 0 aliphatic rings. The number of nitrogens with one attached hydrogen (secondary N) is 3. The standard InChI is InChI=1S/C14H14.3CHNO/c1-12-7-5-6-10-14(12)11-13-8-3-2-4-9-13;3*2-1-3/h2-10H,11H2,1H3;3*2H. The zero-order valence-corrected chi connectivity index (χ0v) is 12.6. The molecule has 118 valence electrons. The molecule has 0 radical (unpaired) electrons. The number of isocyanates is 3. The van der Waals surface area contributed by atoms with Crippen molar-refractivity contribution >= 4 is 18.2 Å². The van der Waals surface area contributed by atoms with Gasteiger partial charge in [0.15, 0.2) is 0 Å². The van der Waals surface area contributed by atoms with Crippen LogP contribution in [-0.4, -0.2) is 18.2 Å². The van der Waals surface area contributed by atoms with Gasteiger partial charge in [0.25, 0.3) is 0 Å². The summed E-state index contributed by atoms with van der Waals surface area (Å²) in [5, 5.41) is 16.2. The first-order valence-electron chi connectivity index (χ1n) is 6.31. The fourth-order valence-electron chi connectivity index (χ4n) is 1.62. The lowest BCUT2D eigenvalue weighted by molar-refractivity contribution is 0.562. The predicted molar refractivity (Wildman–Crippen MR) is 85.7 cm³/mol. The van der Waals surface area contributed by atoms with Crippen molar-refractivity contribution in [1.82, 2.24) is 0 Å². The summed E-state index contributed by atoms with van der Waals surface area (Å²) < 4.78 is 0. The number of benzene rings is 2. The van der Waals surface area contributed by atoms with Crippen LogP contribution in [0.15, 0.2) is 54.6 Å². The molecule has 6 nitrogen and oxygen atoms in total. The molecule has 3 N–H and O–H groups in total. The van der Waals surface area contributed by atoms with Crippen LogP contribution in [0.3, 0.4) is 0 Å². The van der Waals surface area contributed by atoms with Gasteiger partial charge in [0, 0.05) is 0 Å². The maximum atomic E-state index is 8.35. The lowest BCUT2D eigenvalue weighted by atomic mass is 10.0. The van der Waals surface area contributed by atoms with Crippen LogP contribution in [0.5, 0.6) is 0 Å². The maximum absolute atomic E-state index is 8.35. The van der Waals surface area contributed by atoms with Gasteiger partial charge in [-0.2, -0.15) is 0 Å². The highest BCUT2D eigenvalue weighted by atomic mass is 16.1. The number of hydrogen-bond donors (Lipinski definition) is 3. The molecule has 0 saturated heterocycles. The second-order valence-corrected chi connectivity index (χ2v) is 3.90. The highest BCUT2D eigenvalue weighted by Crippen LogP contribution is 2.12. The summed E-state index contributed by atoms with van der Waals surface area (Å²) in [5.41, 5.74) is 4.16. The third-order valence-corrected chi connectivity index (χ3v) is 2.50. The van der Waals surface area contributed by atoms with Crippen LogP contribution < -0.4 is 0 Å². The molecule has 23 heavy (non-hydrogen) atoms. The summed E-state index contributed by atoms with van der Waals surface area (Å²) in [6.07, 6.45) is 3.29. The quantitative estimate of drug-likeness (QED) is 0.582. The zero-order chi connectivity index (χ0) is 17.9. The molecular weight excluding hydrogens is 294 g/mol. The Morgan fingerprint density at radius 3 is 1.57 bits per heavy atom. The summed E-state index contributed by atoms with van der Waals surface area (Å²) >= 11 is 0. The molecule has 2 aromatic rings. The summed E-state index contributed by atoms with van der Waals surface area (Å²) in [7, 11) is 0. The van der Waals surface area contributed by atoms with Crippen LogP contribution >= 0.6 is 0 Å². The molecule has 2 rings (SSSR count). The molecule has 0 spiro atoms. The van der Waals surface area contributed by atoms with Gasteiger partial charge in [-0.15, -0.1) is 0 Å². The summed E-state index contributed by atoms with van der Waals surface area (Å²) in [6, 6.07) is 19.1. The Balaban J connectivity index is 0. The molecule has 6 heteroatoms. The molecule has 0 bridgehead atoms. The second-order valence-electron chi connectivity index (χ2n) is 3.90. The first-order chi connectivity index (χ1) is 11.1. The topological polar surface area (TPSA) is 123 Å². The molecule has 0 aromatic heterocycles. The minimum Gasteiger partial charge on any atom is -0.222 e. The van der Waals surface area contributed by atoms with Crippen LogP contribution in [0, 0.1) is 23.2 Å². The third kappa shape index (κ3) is 13.3. The van der Waals surface area contributed by atoms with E-state index in [1.54, 1.807) is 0 Å². The van der Waals surface area contributed by atoms with Gasteiger partial charge in [-0.05, 0) is 30.0 Å². The van der Waals surface area contributed by atoms with E-state index in [-0.39, 0.29) is 0 Å². The van der Waals surface area contributed by atoms with Crippen LogP contribution in [-0.2, 0) is 20.8 Å². The molecule has 0 unspecified atom stereocenters. The van der Waals surface area contributed by atoms with Crippen LogP contribution in [0.2, 0.25) is 0 Å². The first kappa shape index (κ1) is 21.9. The highest BCUT2D eigenvalue weighted by Gasteiger charge is 1.97. The van der Waals surface area contributed by atoms with Crippen molar-refractivity contribution < 1.29 is 14.4 Å². The maximum Gasteiger partial charge on any atom is 0.231 e. The van der Waals surface area contributed by atoms with Gasteiger partial charge in [-0.3, -0.25) is 0 Å². The number of hydrogen-bond acceptors (Lipinski definition) is 6. The Morgan fingerprint density at radius 1 is 0.739 bits per heavy atom. The van der Waals surface area contributed by atoms with Gasteiger partial charge in [0.2, 0.25) is 18.2 Å². The van der Waals surface area contributed by atoms with Crippen molar-refractivity contribution in [3.05, 3.63) is 71.3 Å². The van der Waals surface area contributed by atoms with Gasteiger partial charge in [0.1, 0.15) is 0 Å². The molecule has 0 saturated carbocycles. The Labute approximate surface area is 134 Å². The van der Waals surface area contributed by atoms with E-state index in [2.05, 4.69) is 61.5 Å². The SMILES string of the molecule is Cc1ccccc1Cc1ccccc1.N=C=O.N=C=O.N=C=O. The van der Waals surface area contributed by atoms with Crippen LogP contribution in [0.4, 0.5) is 0 Å². The van der Waals surface area contributed by atoms with Crippen molar-refractivity contribution in [2.45, 2.75) is 13.3 Å². The van der Waals surface area contributed by atoms with Gasteiger partial charge in [-0.1, -0.05) is 54.6 Å². The smallest absolute Gasteiger partial charge is 0.222 e. The molecule has 0 fully saturated rings. The predicted octanol–water partition coefficient (Wildman–Crippen LogP) is 3.29. The number of carbonyl (C=O) groups excluding carboxylic acids is 3. The van der Waals surface area contributed by atoms with Crippen molar-refractivity contribution in [3.63, 3.8) is 0 Å². The lowest BCUT2D eigenvalue weighted by Crippen LogP contribution is -1.90. The van der Waals surface area contributed by atoms with E-state index in [4.69, 9.17) is 30.6 Å². The molecule has 2 aromatic carbocycles. The Bertz CT molecular complexity index is 623. The fraction of sp³-hybridized carbons (Fsp3) is 0.118. The van der Waals surface area contributed by atoms with Crippen molar-refractivity contribution in [3.8, 4) is 0 Å². The highest BCUT2D eigenvalue weighted by molar-refractivity contribution is 5.31. The van der Waals surface area contributed by atoms with E-state index < -0.39 is 0 Å². The van der Waals surface area contributed by atoms with Crippen LogP contribution in [0.25, 0.3) is 0 Å².